The molecular weight excluding hydrogens is 418 g/mol. The number of nitrogens with two attached hydrogens (primary N) is 1. The molecule has 8 heteroatoms. The Morgan fingerprint density at radius 2 is 1.90 bits per heavy atom. The van der Waals surface area contributed by atoms with E-state index in [1.54, 1.807) is 0 Å². The van der Waals surface area contributed by atoms with Gasteiger partial charge >= 0.3 is 0 Å². The number of anilines is 2. The first-order chi connectivity index (χ1) is 14.5. The summed E-state index contributed by atoms with van der Waals surface area (Å²) in [6.07, 6.45) is 5.34. The van der Waals surface area contributed by atoms with Gasteiger partial charge in [0.1, 0.15) is 5.69 Å². The molecule has 3 aromatic rings. The van der Waals surface area contributed by atoms with Crippen LogP contribution in [-0.4, -0.2) is 48.0 Å². The van der Waals surface area contributed by atoms with Gasteiger partial charge in [-0.2, -0.15) is 0 Å². The van der Waals surface area contributed by atoms with E-state index in [-0.39, 0.29) is 5.69 Å². The zero-order valence-electron chi connectivity index (χ0n) is 17.0. The Morgan fingerprint density at radius 1 is 1.13 bits per heavy atom. The second kappa shape index (κ2) is 10.4. The van der Waals surface area contributed by atoms with Crippen LogP contribution in [0.25, 0.3) is 0 Å². The molecule has 2 heterocycles. The minimum absolute atomic E-state index is 0.192. The van der Waals surface area contributed by atoms with E-state index in [1.807, 2.05) is 17.8 Å². The van der Waals surface area contributed by atoms with Crippen LogP contribution in [0.5, 0.6) is 0 Å². The first-order valence-corrected chi connectivity index (χ1v) is 10.7. The molecule has 0 unspecified atom stereocenters. The van der Waals surface area contributed by atoms with Crippen molar-refractivity contribution < 1.29 is 4.79 Å². The highest BCUT2D eigenvalue weighted by molar-refractivity contribution is 7.99. The molecule has 1 aliphatic rings. The number of fused-ring (bicyclic) bond motifs is 2. The Balaban J connectivity index is 0.000000239. The van der Waals surface area contributed by atoms with Crippen molar-refractivity contribution in [3.05, 3.63) is 71.8 Å². The van der Waals surface area contributed by atoms with Crippen molar-refractivity contribution >= 4 is 40.6 Å². The van der Waals surface area contributed by atoms with Crippen LogP contribution < -0.4 is 10.6 Å². The van der Waals surface area contributed by atoms with Gasteiger partial charge in [0.2, 0.25) is 0 Å². The van der Waals surface area contributed by atoms with Crippen molar-refractivity contribution in [2.75, 3.05) is 32.1 Å². The molecule has 0 atom stereocenters. The number of carbonyl (C=O) groups excluding carboxylic acids is 1. The molecule has 0 aliphatic carbocycles. The van der Waals surface area contributed by atoms with Crippen LogP contribution >= 0.6 is 23.4 Å². The third-order valence-corrected chi connectivity index (χ3v) is 5.76. The molecule has 0 radical (unpaired) electrons. The molecule has 0 spiro atoms. The Morgan fingerprint density at radius 3 is 2.57 bits per heavy atom. The van der Waals surface area contributed by atoms with Crippen molar-refractivity contribution in [3.63, 3.8) is 0 Å². The maximum Gasteiger partial charge on any atom is 0.268 e. The maximum absolute atomic E-state index is 10.3. The smallest absolute Gasteiger partial charge is 0.268 e. The maximum atomic E-state index is 10.3. The molecule has 1 aromatic heterocycles. The molecule has 2 N–H and O–H groups in total. The molecule has 0 saturated heterocycles. The Hall–Kier alpha value is -2.61. The second-order valence-corrected chi connectivity index (χ2v) is 8.47. The van der Waals surface area contributed by atoms with E-state index in [2.05, 4.69) is 70.3 Å². The average Bonchev–Trinajstić information content (AvgIpc) is 2.74. The van der Waals surface area contributed by atoms with E-state index in [9.17, 15) is 4.79 Å². The lowest BCUT2D eigenvalue weighted by molar-refractivity contribution is 0.0995. The molecule has 30 heavy (non-hydrogen) atoms. The highest BCUT2D eigenvalue weighted by Gasteiger charge is 2.22. The second-order valence-electron chi connectivity index (χ2n) is 6.95. The Kier molecular flexibility index (Phi) is 7.68. The summed E-state index contributed by atoms with van der Waals surface area (Å²) in [6.45, 7) is 2.09. The van der Waals surface area contributed by atoms with Gasteiger partial charge in [0, 0.05) is 33.8 Å². The van der Waals surface area contributed by atoms with Crippen LogP contribution in [0, 0.1) is 0 Å². The summed E-state index contributed by atoms with van der Waals surface area (Å²) < 4.78 is 0. The van der Waals surface area contributed by atoms with Crippen LogP contribution in [0.2, 0.25) is 5.02 Å². The number of nitrogens with zero attached hydrogens (tertiary/aromatic N) is 4. The number of benzene rings is 2. The first-order valence-electron chi connectivity index (χ1n) is 9.50. The van der Waals surface area contributed by atoms with Gasteiger partial charge in [-0.1, -0.05) is 35.5 Å². The lowest BCUT2D eigenvalue weighted by Crippen LogP contribution is -2.25. The van der Waals surface area contributed by atoms with E-state index >= 15 is 0 Å². The van der Waals surface area contributed by atoms with Gasteiger partial charge in [-0.25, -0.2) is 4.98 Å². The number of primary amides is 1. The summed E-state index contributed by atoms with van der Waals surface area (Å²) in [5.41, 5.74) is 7.58. The van der Waals surface area contributed by atoms with Crippen molar-refractivity contribution in [1.29, 1.82) is 0 Å². The van der Waals surface area contributed by atoms with Gasteiger partial charge in [0.05, 0.1) is 17.6 Å². The minimum Gasteiger partial charge on any atom is -0.364 e. The van der Waals surface area contributed by atoms with Crippen LogP contribution in [-0.2, 0) is 0 Å². The predicted molar refractivity (Wildman–Crippen MR) is 123 cm³/mol. The third-order valence-electron chi connectivity index (χ3n) is 4.39. The Bertz CT molecular complexity index is 1000. The van der Waals surface area contributed by atoms with Gasteiger partial charge in [0.15, 0.2) is 0 Å². The van der Waals surface area contributed by atoms with Gasteiger partial charge in [-0.3, -0.25) is 9.78 Å². The van der Waals surface area contributed by atoms with E-state index < -0.39 is 5.91 Å². The fourth-order valence-corrected chi connectivity index (χ4v) is 4.26. The summed E-state index contributed by atoms with van der Waals surface area (Å²) in [4.78, 5) is 24.8. The summed E-state index contributed by atoms with van der Waals surface area (Å²) in [6, 6.07) is 14.8. The number of hydrogen-bond donors (Lipinski definition) is 1. The number of amides is 1. The quantitative estimate of drug-likeness (QED) is 0.629. The summed E-state index contributed by atoms with van der Waals surface area (Å²) in [5, 5.41) is 0.798. The number of hydrogen-bond acceptors (Lipinski definition) is 6. The molecule has 1 amide bonds. The molecule has 4 rings (SSSR count). The number of rotatable bonds is 5. The van der Waals surface area contributed by atoms with Crippen molar-refractivity contribution in [3.8, 4) is 0 Å². The summed E-state index contributed by atoms with van der Waals surface area (Å²) in [5.74, 6) is -0.553. The Labute approximate surface area is 186 Å². The van der Waals surface area contributed by atoms with E-state index in [4.69, 9.17) is 17.3 Å². The molecule has 1 aliphatic heterocycles. The van der Waals surface area contributed by atoms with Crippen LogP contribution in [0.3, 0.4) is 0 Å². The average molecular weight is 442 g/mol. The largest absolute Gasteiger partial charge is 0.364 e. The predicted octanol–water partition coefficient (Wildman–Crippen LogP) is 4.47. The lowest BCUT2D eigenvalue weighted by Gasteiger charge is -2.33. The molecule has 0 saturated carbocycles. The van der Waals surface area contributed by atoms with Gasteiger partial charge < -0.3 is 15.5 Å². The highest BCUT2D eigenvalue weighted by Crippen LogP contribution is 2.48. The summed E-state index contributed by atoms with van der Waals surface area (Å²) >= 11 is 8.03. The topological polar surface area (TPSA) is 75.3 Å². The van der Waals surface area contributed by atoms with E-state index in [0.717, 1.165) is 24.5 Å². The van der Waals surface area contributed by atoms with Gasteiger partial charge in [-0.05, 0) is 57.4 Å². The lowest BCUT2D eigenvalue weighted by atomic mass is 10.2. The zero-order valence-corrected chi connectivity index (χ0v) is 18.5. The van der Waals surface area contributed by atoms with Crippen molar-refractivity contribution in [1.82, 2.24) is 14.9 Å². The number of halogens is 1. The number of para-hydroxylation sites is 1. The minimum atomic E-state index is -0.553. The van der Waals surface area contributed by atoms with Gasteiger partial charge in [-0.15, -0.1) is 0 Å². The van der Waals surface area contributed by atoms with Crippen LogP contribution in [0.1, 0.15) is 16.9 Å². The summed E-state index contributed by atoms with van der Waals surface area (Å²) in [7, 11) is 4.23. The standard InChI is InChI=1S/C17H19ClN2S.C5H5N3O/c1-19(2)10-5-11-20-14-6-3-4-7-16(14)21-17-9-8-13(18)12-15(17)20;6-5(9)4-3-7-1-2-8-4/h3-4,6-9,12H,5,10-11H2,1-2H3;1-3H,(H2,6,9). The molecular formula is C22H24ClN5OS. The number of carbonyl (C=O) groups is 1. The zero-order chi connectivity index (χ0) is 21.5. The van der Waals surface area contributed by atoms with Crippen molar-refractivity contribution in [2.45, 2.75) is 16.2 Å². The van der Waals surface area contributed by atoms with E-state index in [1.165, 1.54) is 39.8 Å². The fraction of sp³-hybridized carbons (Fsp3) is 0.227. The van der Waals surface area contributed by atoms with Crippen molar-refractivity contribution in [2.24, 2.45) is 5.73 Å². The monoisotopic (exact) mass is 441 g/mol. The third kappa shape index (κ3) is 5.72. The molecule has 156 valence electrons. The first kappa shape index (κ1) is 22.1. The van der Waals surface area contributed by atoms with Gasteiger partial charge in [0.25, 0.3) is 5.91 Å². The highest BCUT2D eigenvalue weighted by atomic mass is 35.5. The molecule has 0 fully saturated rings. The molecule has 2 aromatic carbocycles. The normalized spacial score (nSPS) is 11.9. The molecule has 6 nitrogen and oxygen atoms in total. The van der Waals surface area contributed by atoms with E-state index in [0.29, 0.717) is 0 Å². The van der Waals surface area contributed by atoms with Crippen LogP contribution in [0.4, 0.5) is 11.4 Å². The SMILES string of the molecule is CN(C)CCCN1c2ccccc2Sc2ccc(Cl)cc21.NC(=O)c1cnccn1. The van der Waals surface area contributed by atoms with Crippen LogP contribution in [0.15, 0.2) is 70.8 Å². The number of aromatic nitrogens is 2. The molecule has 0 bridgehead atoms. The fourth-order valence-electron chi connectivity index (χ4n) is 3.01.